The number of carbonyl (C=O) groups is 1. The van der Waals surface area contributed by atoms with E-state index in [1.54, 1.807) is 9.80 Å². The molecule has 3 rings (SSSR count). The molecule has 2 amide bonds. The van der Waals surface area contributed by atoms with E-state index in [1.807, 2.05) is 0 Å². The van der Waals surface area contributed by atoms with Gasteiger partial charge in [0.05, 0.1) is 11.8 Å². The smallest absolute Gasteiger partial charge is 0.416 e. The van der Waals surface area contributed by atoms with Gasteiger partial charge in [-0.15, -0.1) is 0 Å². The Balaban J connectivity index is 1.59. The number of aromatic nitrogens is 2. The van der Waals surface area contributed by atoms with Crippen molar-refractivity contribution in [1.29, 1.82) is 0 Å². The van der Waals surface area contributed by atoms with Crippen molar-refractivity contribution >= 4 is 17.7 Å². The minimum atomic E-state index is -4.42. The second-order valence-corrected chi connectivity index (χ2v) is 5.71. The van der Waals surface area contributed by atoms with Crippen molar-refractivity contribution in [2.75, 3.05) is 36.4 Å². The van der Waals surface area contributed by atoms with Crippen molar-refractivity contribution in [1.82, 2.24) is 14.9 Å². The van der Waals surface area contributed by atoms with Crippen LogP contribution in [0.5, 0.6) is 5.75 Å². The molecule has 2 aromatic heterocycles. The van der Waals surface area contributed by atoms with Crippen molar-refractivity contribution in [2.45, 2.75) is 6.18 Å². The minimum Gasteiger partial charge on any atom is -0.506 e. The van der Waals surface area contributed by atoms with E-state index in [0.717, 1.165) is 18.3 Å². The predicted octanol–water partition coefficient (Wildman–Crippen LogP) is 2.56. The molecule has 0 spiro atoms. The van der Waals surface area contributed by atoms with Crippen LogP contribution in [0.3, 0.4) is 0 Å². The molecule has 10 heteroatoms. The molecule has 1 aliphatic heterocycles. The van der Waals surface area contributed by atoms with Crippen LogP contribution in [0, 0.1) is 0 Å². The van der Waals surface area contributed by atoms with Gasteiger partial charge in [-0.05, 0) is 24.3 Å². The largest absolute Gasteiger partial charge is 0.506 e. The molecule has 0 aliphatic carbocycles. The first-order valence-corrected chi connectivity index (χ1v) is 7.82. The summed E-state index contributed by atoms with van der Waals surface area (Å²) in [6.07, 6.45) is -2.07. The highest BCUT2D eigenvalue weighted by Crippen LogP contribution is 2.30. The third kappa shape index (κ3) is 4.13. The van der Waals surface area contributed by atoms with Crippen LogP contribution >= 0.6 is 0 Å². The van der Waals surface area contributed by atoms with Gasteiger partial charge in [0, 0.05) is 32.4 Å². The Morgan fingerprint density at radius 1 is 1.12 bits per heavy atom. The average molecular weight is 367 g/mol. The number of urea groups is 1. The Labute approximate surface area is 147 Å². The first-order valence-electron chi connectivity index (χ1n) is 7.82. The number of nitrogens with one attached hydrogen (secondary N) is 1. The molecule has 0 atom stereocenters. The van der Waals surface area contributed by atoms with E-state index in [0.29, 0.717) is 32.0 Å². The quantitative estimate of drug-likeness (QED) is 0.853. The summed E-state index contributed by atoms with van der Waals surface area (Å²) in [6.45, 7) is 1.40. The van der Waals surface area contributed by atoms with Gasteiger partial charge in [0.25, 0.3) is 0 Å². The Hall–Kier alpha value is -3.04. The second-order valence-electron chi connectivity index (χ2n) is 5.71. The Morgan fingerprint density at radius 3 is 2.46 bits per heavy atom. The Morgan fingerprint density at radius 2 is 1.85 bits per heavy atom. The third-order valence-electron chi connectivity index (χ3n) is 3.95. The maximum absolute atomic E-state index is 12.8. The molecule has 2 N–H and O–H groups in total. The molecule has 26 heavy (non-hydrogen) atoms. The molecule has 0 radical (unpaired) electrons. The monoisotopic (exact) mass is 367 g/mol. The number of aromatic hydroxyl groups is 1. The minimum absolute atomic E-state index is 0.00907. The maximum atomic E-state index is 12.8. The lowest BCUT2D eigenvalue weighted by Gasteiger charge is -2.35. The SMILES string of the molecule is O=C(Nc1ccc(O)cn1)N1CCN(c2cc(C(F)(F)F)ccn2)CC1. The number of nitrogens with zero attached hydrogens (tertiary/aromatic N) is 4. The summed E-state index contributed by atoms with van der Waals surface area (Å²) < 4.78 is 38.4. The number of hydrogen-bond donors (Lipinski definition) is 2. The number of anilines is 2. The molecule has 0 bridgehead atoms. The number of amides is 2. The second kappa shape index (κ2) is 7.06. The van der Waals surface area contributed by atoms with Crippen molar-refractivity contribution in [3.05, 3.63) is 42.2 Å². The number of pyridine rings is 2. The highest BCUT2D eigenvalue weighted by molar-refractivity contribution is 5.88. The molecule has 0 unspecified atom stereocenters. The van der Waals surface area contributed by atoms with Crippen LogP contribution in [0.15, 0.2) is 36.7 Å². The van der Waals surface area contributed by atoms with Crippen LogP contribution in [-0.4, -0.2) is 52.2 Å². The number of carbonyl (C=O) groups excluding carboxylic acids is 1. The molecule has 2 aromatic rings. The van der Waals surface area contributed by atoms with Gasteiger partial charge in [-0.25, -0.2) is 14.8 Å². The lowest BCUT2D eigenvalue weighted by molar-refractivity contribution is -0.137. The van der Waals surface area contributed by atoms with Crippen LogP contribution in [0.2, 0.25) is 0 Å². The summed E-state index contributed by atoms with van der Waals surface area (Å²) in [6, 6.07) is 4.45. The van der Waals surface area contributed by atoms with E-state index in [9.17, 15) is 23.1 Å². The zero-order chi connectivity index (χ0) is 18.7. The summed E-state index contributed by atoms with van der Waals surface area (Å²) >= 11 is 0. The molecular weight excluding hydrogens is 351 g/mol. The summed E-state index contributed by atoms with van der Waals surface area (Å²) in [5, 5.41) is 11.8. The first kappa shape index (κ1) is 17.8. The van der Waals surface area contributed by atoms with E-state index in [4.69, 9.17) is 0 Å². The molecule has 138 valence electrons. The summed E-state index contributed by atoms with van der Waals surface area (Å²) in [7, 11) is 0. The van der Waals surface area contributed by atoms with Gasteiger partial charge in [-0.1, -0.05) is 0 Å². The van der Waals surface area contributed by atoms with Gasteiger partial charge >= 0.3 is 12.2 Å². The van der Waals surface area contributed by atoms with Crippen molar-refractivity contribution in [3.63, 3.8) is 0 Å². The number of piperazine rings is 1. The molecule has 0 saturated carbocycles. The third-order valence-corrected chi connectivity index (χ3v) is 3.95. The molecular formula is C16H16F3N5O2. The summed E-state index contributed by atoms with van der Waals surface area (Å²) in [4.78, 5) is 23.3. The van der Waals surface area contributed by atoms with E-state index in [-0.39, 0.29) is 17.6 Å². The predicted molar refractivity (Wildman–Crippen MR) is 87.9 cm³/mol. The van der Waals surface area contributed by atoms with Crippen LogP contribution in [0.1, 0.15) is 5.56 Å². The number of rotatable bonds is 2. The highest BCUT2D eigenvalue weighted by Gasteiger charge is 2.31. The van der Waals surface area contributed by atoms with Crippen LogP contribution in [0.25, 0.3) is 0 Å². The zero-order valence-electron chi connectivity index (χ0n) is 13.6. The van der Waals surface area contributed by atoms with E-state index in [1.165, 1.54) is 18.3 Å². The lowest BCUT2D eigenvalue weighted by Crippen LogP contribution is -2.50. The van der Waals surface area contributed by atoms with E-state index < -0.39 is 11.7 Å². The number of halogens is 3. The molecule has 3 heterocycles. The number of alkyl halides is 3. The molecule has 0 aromatic carbocycles. The van der Waals surface area contributed by atoms with Crippen LogP contribution < -0.4 is 10.2 Å². The van der Waals surface area contributed by atoms with Crippen LogP contribution in [0.4, 0.5) is 29.6 Å². The van der Waals surface area contributed by atoms with Crippen LogP contribution in [-0.2, 0) is 6.18 Å². The lowest BCUT2D eigenvalue weighted by atomic mass is 10.2. The average Bonchev–Trinajstić information content (AvgIpc) is 2.63. The van der Waals surface area contributed by atoms with E-state index >= 15 is 0 Å². The fourth-order valence-electron chi connectivity index (χ4n) is 2.55. The van der Waals surface area contributed by atoms with Crippen molar-refractivity contribution < 1.29 is 23.1 Å². The fourth-order valence-corrected chi connectivity index (χ4v) is 2.55. The van der Waals surface area contributed by atoms with Crippen molar-refractivity contribution in [3.8, 4) is 5.75 Å². The zero-order valence-corrected chi connectivity index (χ0v) is 13.6. The number of hydrogen-bond acceptors (Lipinski definition) is 5. The highest BCUT2D eigenvalue weighted by atomic mass is 19.4. The summed E-state index contributed by atoms with van der Waals surface area (Å²) in [5.74, 6) is 0.528. The fraction of sp³-hybridized carbons (Fsp3) is 0.312. The molecule has 1 aliphatic rings. The maximum Gasteiger partial charge on any atom is 0.416 e. The molecule has 7 nitrogen and oxygen atoms in total. The van der Waals surface area contributed by atoms with Gasteiger partial charge in [0.1, 0.15) is 17.4 Å². The van der Waals surface area contributed by atoms with Crippen molar-refractivity contribution in [2.24, 2.45) is 0 Å². The van der Waals surface area contributed by atoms with E-state index in [2.05, 4.69) is 15.3 Å². The normalized spacial score (nSPS) is 15.0. The summed E-state index contributed by atoms with van der Waals surface area (Å²) in [5.41, 5.74) is -0.749. The van der Waals surface area contributed by atoms with Gasteiger partial charge < -0.3 is 14.9 Å². The van der Waals surface area contributed by atoms with Gasteiger partial charge in [0.2, 0.25) is 0 Å². The molecule has 1 fully saturated rings. The first-order chi connectivity index (χ1) is 12.3. The topological polar surface area (TPSA) is 81.6 Å². The molecule has 1 saturated heterocycles. The Bertz CT molecular complexity index is 774. The standard InChI is InChI=1S/C16H16F3N5O2/c17-16(18,19)11-3-4-20-14(9-11)23-5-7-24(8-6-23)15(26)22-13-2-1-12(25)10-21-13/h1-4,9-10,25H,5-8H2,(H,21,22,26). The Kier molecular flexibility index (Phi) is 4.83. The van der Waals surface area contributed by atoms with Gasteiger partial charge in [-0.2, -0.15) is 13.2 Å². The van der Waals surface area contributed by atoms with Gasteiger partial charge in [-0.3, -0.25) is 5.32 Å². The van der Waals surface area contributed by atoms with Gasteiger partial charge in [0.15, 0.2) is 0 Å².